The van der Waals surface area contributed by atoms with Gasteiger partial charge >= 0.3 is 5.97 Å². The summed E-state index contributed by atoms with van der Waals surface area (Å²) >= 11 is 0. The van der Waals surface area contributed by atoms with Gasteiger partial charge in [-0.05, 0) is 32.1 Å². The summed E-state index contributed by atoms with van der Waals surface area (Å²) in [6, 6.07) is 20.3. The van der Waals surface area contributed by atoms with Crippen molar-refractivity contribution in [3.63, 3.8) is 0 Å². The third-order valence-corrected chi connectivity index (χ3v) is 5.13. The smallest absolute Gasteiger partial charge is 0.321 e. The summed E-state index contributed by atoms with van der Waals surface area (Å²) < 4.78 is 5.60. The van der Waals surface area contributed by atoms with E-state index in [1.807, 2.05) is 74.8 Å². The normalized spacial score (nSPS) is 21.2. The first-order valence-electron chi connectivity index (χ1n) is 8.03. The second-order valence-electron chi connectivity index (χ2n) is 6.45. The van der Waals surface area contributed by atoms with Crippen LogP contribution in [0.4, 0.5) is 0 Å². The molecule has 1 saturated heterocycles. The van der Waals surface area contributed by atoms with E-state index in [0.717, 1.165) is 11.1 Å². The molecule has 1 fully saturated rings. The first-order valence-corrected chi connectivity index (χ1v) is 8.03. The van der Waals surface area contributed by atoms with Crippen molar-refractivity contribution in [1.29, 1.82) is 0 Å². The van der Waals surface area contributed by atoms with Crippen LogP contribution in [0.3, 0.4) is 0 Å². The van der Waals surface area contributed by atoms with Crippen LogP contribution in [-0.2, 0) is 14.9 Å². The summed E-state index contributed by atoms with van der Waals surface area (Å²) in [5.41, 5.74) is 1.27. The molecule has 0 saturated carbocycles. The van der Waals surface area contributed by atoms with Crippen LogP contribution in [-0.4, -0.2) is 37.6 Å². The average Bonchev–Trinajstić information content (AvgIpc) is 2.93. The fourth-order valence-corrected chi connectivity index (χ4v) is 3.65. The molecule has 0 bridgehead atoms. The standard InChI is InChI=1S/C20H23NO2/c1-15(21(2)3)18-14-23-19(22)20(18,16-10-6-4-7-11-16)17-12-8-5-9-13-17/h4-13,15,18H,14H2,1-3H3. The molecular formula is C20H23NO2. The fourth-order valence-electron chi connectivity index (χ4n) is 3.65. The number of cyclic esters (lactones) is 1. The third kappa shape index (κ3) is 2.45. The monoisotopic (exact) mass is 309 g/mol. The molecule has 2 aromatic rings. The topological polar surface area (TPSA) is 29.5 Å². The van der Waals surface area contributed by atoms with E-state index in [9.17, 15) is 4.79 Å². The van der Waals surface area contributed by atoms with Crippen molar-refractivity contribution in [2.45, 2.75) is 18.4 Å². The summed E-state index contributed by atoms with van der Waals surface area (Å²) in [6.45, 7) is 2.61. The number of benzene rings is 2. The minimum atomic E-state index is -0.744. The molecule has 0 amide bonds. The molecule has 1 aliphatic rings. The average molecular weight is 309 g/mol. The number of hydrogen-bond donors (Lipinski definition) is 0. The van der Waals surface area contributed by atoms with Gasteiger partial charge in [0.15, 0.2) is 0 Å². The van der Waals surface area contributed by atoms with Crippen molar-refractivity contribution in [2.24, 2.45) is 5.92 Å². The van der Waals surface area contributed by atoms with E-state index in [2.05, 4.69) is 11.8 Å². The maximum absolute atomic E-state index is 13.0. The predicted octanol–water partition coefficient (Wildman–Crippen LogP) is 3.10. The Morgan fingerprint density at radius 2 is 1.48 bits per heavy atom. The van der Waals surface area contributed by atoms with Crippen LogP contribution < -0.4 is 0 Å². The van der Waals surface area contributed by atoms with Gasteiger partial charge in [-0.2, -0.15) is 0 Å². The Labute approximate surface area is 137 Å². The van der Waals surface area contributed by atoms with Gasteiger partial charge in [-0.25, -0.2) is 0 Å². The first-order chi connectivity index (χ1) is 11.1. The SMILES string of the molecule is CC(C1COC(=O)C1(c1ccccc1)c1ccccc1)N(C)C. The van der Waals surface area contributed by atoms with Crippen molar-refractivity contribution < 1.29 is 9.53 Å². The highest BCUT2D eigenvalue weighted by Gasteiger charge is 2.56. The van der Waals surface area contributed by atoms with Crippen molar-refractivity contribution in [3.8, 4) is 0 Å². The van der Waals surface area contributed by atoms with Crippen LogP contribution in [0.15, 0.2) is 60.7 Å². The molecule has 1 heterocycles. The number of ether oxygens (including phenoxy) is 1. The third-order valence-electron chi connectivity index (χ3n) is 5.13. The van der Waals surface area contributed by atoms with Gasteiger partial charge in [-0.1, -0.05) is 60.7 Å². The molecular weight excluding hydrogens is 286 g/mol. The minimum Gasteiger partial charge on any atom is -0.464 e. The Kier molecular flexibility index (Phi) is 4.22. The van der Waals surface area contributed by atoms with Gasteiger partial charge in [0.2, 0.25) is 0 Å². The molecule has 2 atom stereocenters. The Balaban J connectivity index is 2.24. The van der Waals surface area contributed by atoms with E-state index in [0.29, 0.717) is 6.61 Å². The number of esters is 1. The number of rotatable bonds is 4. The van der Waals surface area contributed by atoms with Crippen LogP contribution >= 0.6 is 0 Å². The molecule has 0 spiro atoms. The van der Waals surface area contributed by atoms with Crippen molar-refractivity contribution in [3.05, 3.63) is 71.8 Å². The van der Waals surface area contributed by atoms with Gasteiger partial charge in [0.1, 0.15) is 5.41 Å². The molecule has 0 N–H and O–H groups in total. The molecule has 3 rings (SSSR count). The Hall–Kier alpha value is -2.13. The molecule has 0 radical (unpaired) electrons. The molecule has 0 aliphatic carbocycles. The lowest BCUT2D eigenvalue weighted by atomic mass is 9.65. The number of nitrogens with zero attached hydrogens (tertiary/aromatic N) is 1. The first kappa shape index (κ1) is 15.8. The molecule has 3 heteroatoms. The van der Waals surface area contributed by atoms with Gasteiger partial charge in [0.05, 0.1) is 6.61 Å². The van der Waals surface area contributed by atoms with Crippen LogP contribution in [0, 0.1) is 5.92 Å². The number of hydrogen-bond acceptors (Lipinski definition) is 3. The maximum Gasteiger partial charge on any atom is 0.321 e. The van der Waals surface area contributed by atoms with E-state index >= 15 is 0 Å². The highest BCUT2D eigenvalue weighted by molar-refractivity contribution is 5.90. The van der Waals surface area contributed by atoms with Crippen LogP contribution in [0.25, 0.3) is 0 Å². The molecule has 3 nitrogen and oxygen atoms in total. The van der Waals surface area contributed by atoms with Gasteiger partial charge in [0.25, 0.3) is 0 Å². The molecule has 0 aromatic heterocycles. The fraction of sp³-hybridized carbons (Fsp3) is 0.350. The number of carbonyl (C=O) groups is 1. The quantitative estimate of drug-likeness (QED) is 0.813. The van der Waals surface area contributed by atoms with E-state index < -0.39 is 5.41 Å². The maximum atomic E-state index is 13.0. The van der Waals surface area contributed by atoms with Crippen molar-refractivity contribution in [1.82, 2.24) is 4.90 Å². The minimum absolute atomic E-state index is 0.0646. The zero-order valence-corrected chi connectivity index (χ0v) is 13.9. The Morgan fingerprint density at radius 1 is 1.00 bits per heavy atom. The van der Waals surface area contributed by atoms with Gasteiger partial charge in [-0.15, -0.1) is 0 Å². The van der Waals surface area contributed by atoms with E-state index in [-0.39, 0.29) is 17.9 Å². The van der Waals surface area contributed by atoms with E-state index in [4.69, 9.17) is 4.74 Å². The van der Waals surface area contributed by atoms with Gasteiger partial charge < -0.3 is 9.64 Å². The summed E-state index contributed by atoms with van der Waals surface area (Å²) in [7, 11) is 4.10. The second-order valence-corrected chi connectivity index (χ2v) is 6.45. The summed E-state index contributed by atoms with van der Waals surface area (Å²) in [5, 5.41) is 0. The molecule has 2 aromatic carbocycles. The molecule has 120 valence electrons. The number of carbonyl (C=O) groups excluding carboxylic acids is 1. The Morgan fingerprint density at radius 3 is 1.91 bits per heavy atom. The molecule has 2 unspecified atom stereocenters. The van der Waals surface area contributed by atoms with Crippen LogP contribution in [0.5, 0.6) is 0 Å². The zero-order chi connectivity index (χ0) is 16.4. The van der Waals surface area contributed by atoms with Crippen LogP contribution in [0.2, 0.25) is 0 Å². The summed E-state index contributed by atoms with van der Waals surface area (Å²) in [5.74, 6) is -0.0802. The lowest BCUT2D eigenvalue weighted by molar-refractivity contribution is -0.141. The highest BCUT2D eigenvalue weighted by atomic mass is 16.5. The predicted molar refractivity (Wildman–Crippen MR) is 91.3 cm³/mol. The van der Waals surface area contributed by atoms with Crippen LogP contribution in [0.1, 0.15) is 18.1 Å². The largest absolute Gasteiger partial charge is 0.464 e. The lowest BCUT2D eigenvalue weighted by Gasteiger charge is -2.37. The van der Waals surface area contributed by atoms with E-state index in [1.54, 1.807) is 0 Å². The zero-order valence-electron chi connectivity index (χ0n) is 13.9. The lowest BCUT2D eigenvalue weighted by Crippen LogP contribution is -2.47. The molecule has 23 heavy (non-hydrogen) atoms. The Bertz CT molecular complexity index is 627. The highest BCUT2D eigenvalue weighted by Crippen LogP contribution is 2.46. The van der Waals surface area contributed by atoms with Crippen molar-refractivity contribution >= 4 is 5.97 Å². The van der Waals surface area contributed by atoms with Gasteiger partial charge in [-0.3, -0.25) is 4.79 Å². The van der Waals surface area contributed by atoms with E-state index in [1.165, 1.54) is 0 Å². The second kappa shape index (κ2) is 6.17. The van der Waals surface area contributed by atoms with Gasteiger partial charge in [0, 0.05) is 12.0 Å². The summed E-state index contributed by atoms with van der Waals surface area (Å²) in [4.78, 5) is 15.2. The van der Waals surface area contributed by atoms with Crippen molar-refractivity contribution in [2.75, 3.05) is 20.7 Å². The summed E-state index contributed by atoms with van der Waals surface area (Å²) in [6.07, 6.45) is 0. The molecule has 1 aliphatic heterocycles.